The highest BCUT2D eigenvalue weighted by molar-refractivity contribution is 5.78. The van der Waals surface area contributed by atoms with Crippen molar-refractivity contribution in [2.24, 2.45) is 0 Å². The minimum Gasteiger partial charge on any atom is -0.498 e. The summed E-state index contributed by atoms with van der Waals surface area (Å²) in [5.74, 6) is 1.32. The largest absolute Gasteiger partial charge is 0.498 e. The van der Waals surface area contributed by atoms with Gasteiger partial charge in [0.15, 0.2) is 0 Å². The van der Waals surface area contributed by atoms with Crippen LogP contribution in [0.5, 0.6) is 0 Å². The van der Waals surface area contributed by atoms with Crippen molar-refractivity contribution in [2.75, 3.05) is 19.8 Å². The molecule has 0 spiro atoms. The van der Waals surface area contributed by atoms with Crippen molar-refractivity contribution >= 4 is 11.6 Å². The van der Waals surface area contributed by atoms with Crippen molar-refractivity contribution in [3.63, 3.8) is 0 Å². The molecular weight excluding hydrogens is 280 g/mol. The highest BCUT2D eigenvalue weighted by Crippen LogP contribution is 2.05. The predicted octanol–water partition coefficient (Wildman–Crippen LogP) is 4.22. The molecule has 0 aromatic carbocycles. The molecule has 0 fully saturated rings. The predicted molar refractivity (Wildman–Crippen MR) is 88.8 cm³/mol. The number of ketones is 2. The maximum absolute atomic E-state index is 11.3. The summed E-state index contributed by atoms with van der Waals surface area (Å²) in [6, 6.07) is 0. The first-order valence-corrected chi connectivity index (χ1v) is 8.51. The Morgan fingerprint density at radius 3 is 1.86 bits per heavy atom. The Hall–Kier alpha value is -1.16. The maximum Gasteiger partial charge on any atom is 0.133 e. The van der Waals surface area contributed by atoms with Crippen LogP contribution >= 0.6 is 0 Å². The van der Waals surface area contributed by atoms with Gasteiger partial charge in [-0.3, -0.25) is 9.59 Å². The summed E-state index contributed by atoms with van der Waals surface area (Å²) < 4.78 is 10.9. The summed E-state index contributed by atoms with van der Waals surface area (Å²) in [5, 5.41) is 0. The van der Waals surface area contributed by atoms with Crippen LogP contribution in [0.4, 0.5) is 0 Å². The molecule has 22 heavy (non-hydrogen) atoms. The Morgan fingerprint density at radius 1 is 0.773 bits per heavy atom. The highest BCUT2D eigenvalue weighted by Gasteiger charge is 2.02. The molecule has 0 saturated heterocycles. The lowest BCUT2D eigenvalue weighted by atomic mass is 10.1. The molecule has 0 aromatic heterocycles. The molecular formula is C18H32O4. The Bertz CT molecular complexity index is 323. The van der Waals surface area contributed by atoms with Gasteiger partial charge in [0.25, 0.3) is 0 Å². The van der Waals surface area contributed by atoms with E-state index in [0.717, 1.165) is 25.7 Å². The third-order valence-electron chi connectivity index (χ3n) is 3.23. The van der Waals surface area contributed by atoms with E-state index in [1.165, 1.54) is 0 Å². The molecule has 0 radical (unpaired) electrons. The van der Waals surface area contributed by atoms with Crippen LogP contribution < -0.4 is 0 Å². The minimum absolute atomic E-state index is 0.303. The van der Waals surface area contributed by atoms with Crippen LogP contribution in [0.3, 0.4) is 0 Å². The standard InChI is InChI=1S/C18H32O4/c1-4-8-17(19)10-6-13-21-15-12-16(3)22-14-7-11-18(20)9-5-2/h3-15H2,1-2H3. The quantitative estimate of drug-likeness (QED) is 0.316. The normalized spacial score (nSPS) is 10.5. The van der Waals surface area contributed by atoms with Gasteiger partial charge in [-0.05, 0) is 25.7 Å². The number of hydrogen-bond acceptors (Lipinski definition) is 4. The molecule has 128 valence electrons. The lowest BCUT2D eigenvalue weighted by molar-refractivity contribution is -0.120. The zero-order valence-electron chi connectivity index (χ0n) is 14.3. The second-order valence-corrected chi connectivity index (χ2v) is 5.53. The zero-order chi connectivity index (χ0) is 16.6. The van der Waals surface area contributed by atoms with Gasteiger partial charge in [-0.25, -0.2) is 0 Å². The van der Waals surface area contributed by atoms with Crippen molar-refractivity contribution in [3.05, 3.63) is 12.3 Å². The van der Waals surface area contributed by atoms with Gasteiger partial charge in [-0.15, -0.1) is 0 Å². The van der Waals surface area contributed by atoms with Crippen LogP contribution in [0.25, 0.3) is 0 Å². The maximum atomic E-state index is 11.3. The highest BCUT2D eigenvalue weighted by atomic mass is 16.5. The Kier molecular flexibility index (Phi) is 14.0. The zero-order valence-corrected chi connectivity index (χ0v) is 14.3. The second-order valence-electron chi connectivity index (χ2n) is 5.53. The van der Waals surface area contributed by atoms with E-state index in [-0.39, 0.29) is 0 Å². The molecule has 4 nitrogen and oxygen atoms in total. The van der Waals surface area contributed by atoms with Gasteiger partial charge in [-0.2, -0.15) is 0 Å². The van der Waals surface area contributed by atoms with Crippen molar-refractivity contribution in [1.29, 1.82) is 0 Å². The average molecular weight is 312 g/mol. The molecule has 0 amide bonds. The van der Waals surface area contributed by atoms with E-state index in [1.807, 2.05) is 13.8 Å². The molecule has 0 aliphatic rings. The molecule has 0 N–H and O–H groups in total. The Labute approximate surface area is 135 Å². The fraction of sp³-hybridized carbons (Fsp3) is 0.778. The van der Waals surface area contributed by atoms with Crippen LogP contribution in [0.1, 0.15) is 71.6 Å². The van der Waals surface area contributed by atoms with E-state index >= 15 is 0 Å². The molecule has 0 bridgehead atoms. The summed E-state index contributed by atoms with van der Waals surface area (Å²) in [6.07, 6.45) is 6.55. The van der Waals surface area contributed by atoms with Gasteiger partial charge in [-0.1, -0.05) is 20.4 Å². The summed E-state index contributed by atoms with van der Waals surface area (Å²) in [5.41, 5.74) is 0. The van der Waals surface area contributed by atoms with Crippen molar-refractivity contribution in [1.82, 2.24) is 0 Å². The van der Waals surface area contributed by atoms with Crippen molar-refractivity contribution in [3.8, 4) is 0 Å². The molecule has 0 rings (SSSR count). The number of ether oxygens (including phenoxy) is 2. The average Bonchev–Trinajstić information content (AvgIpc) is 2.48. The number of carbonyl (C=O) groups is 2. The van der Waals surface area contributed by atoms with E-state index in [1.54, 1.807) is 0 Å². The molecule has 0 saturated carbocycles. The summed E-state index contributed by atoms with van der Waals surface area (Å²) in [4.78, 5) is 22.6. The summed E-state index contributed by atoms with van der Waals surface area (Å²) in [7, 11) is 0. The molecule has 0 atom stereocenters. The van der Waals surface area contributed by atoms with Gasteiger partial charge < -0.3 is 9.47 Å². The SMILES string of the molecule is C=C(CCOCCCC(=O)CCC)OCCCC(=O)CCC. The van der Waals surface area contributed by atoms with Gasteiger partial charge in [0.05, 0.1) is 19.0 Å². The van der Waals surface area contributed by atoms with Crippen LogP contribution in [-0.2, 0) is 19.1 Å². The molecule has 4 heteroatoms. The number of carbonyl (C=O) groups excluding carboxylic acids is 2. The summed E-state index contributed by atoms with van der Waals surface area (Å²) >= 11 is 0. The first-order chi connectivity index (χ1) is 10.6. The fourth-order valence-corrected chi connectivity index (χ4v) is 2.03. The minimum atomic E-state index is 0.303. The number of rotatable bonds is 16. The molecule has 0 heterocycles. The first kappa shape index (κ1) is 20.8. The number of hydrogen-bond donors (Lipinski definition) is 0. The molecule has 0 aromatic rings. The van der Waals surface area contributed by atoms with E-state index in [4.69, 9.17) is 9.47 Å². The summed E-state index contributed by atoms with van der Waals surface area (Å²) in [6.45, 7) is 9.57. The van der Waals surface area contributed by atoms with Crippen LogP contribution in [0.2, 0.25) is 0 Å². The van der Waals surface area contributed by atoms with E-state index < -0.39 is 0 Å². The van der Waals surface area contributed by atoms with Crippen LogP contribution in [0, 0.1) is 0 Å². The van der Waals surface area contributed by atoms with E-state index in [9.17, 15) is 9.59 Å². The Balaban J connectivity index is 3.36. The van der Waals surface area contributed by atoms with Crippen LogP contribution in [-0.4, -0.2) is 31.4 Å². The monoisotopic (exact) mass is 312 g/mol. The van der Waals surface area contributed by atoms with Gasteiger partial charge in [0.2, 0.25) is 0 Å². The molecule has 0 unspecified atom stereocenters. The van der Waals surface area contributed by atoms with Gasteiger partial charge in [0, 0.05) is 38.7 Å². The van der Waals surface area contributed by atoms with Crippen molar-refractivity contribution in [2.45, 2.75) is 71.6 Å². The van der Waals surface area contributed by atoms with E-state index in [0.29, 0.717) is 69.3 Å². The topological polar surface area (TPSA) is 52.6 Å². The van der Waals surface area contributed by atoms with Crippen LogP contribution in [0.15, 0.2) is 12.3 Å². The lowest BCUT2D eigenvalue weighted by Gasteiger charge is -2.09. The van der Waals surface area contributed by atoms with E-state index in [2.05, 4.69) is 6.58 Å². The first-order valence-electron chi connectivity index (χ1n) is 8.51. The fourth-order valence-electron chi connectivity index (χ4n) is 2.03. The number of Topliss-reactive ketones (excluding diaryl/α,β-unsaturated/α-hetero) is 2. The lowest BCUT2D eigenvalue weighted by Crippen LogP contribution is -2.04. The smallest absolute Gasteiger partial charge is 0.133 e. The van der Waals surface area contributed by atoms with Gasteiger partial charge >= 0.3 is 0 Å². The molecule has 0 aliphatic heterocycles. The van der Waals surface area contributed by atoms with Crippen molar-refractivity contribution < 1.29 is 19.1 Å². The second kappa shape index (κ2) is 14.8. The third kappa shape index (κ3) is 13.8. The Morgan fingerprint density at radius 2 is 1.32 bits per heavy atom. The third-order valence-corrected chi connectivity index (χ3v) is 3.23. The van der Waals surface area contributed by atoms with Gasteiger partial charge in [0.1, 0.15) is 11.6 Å². The molecule has 0 aliphatic carbocycles.